The third kappa shape index (κ3) is 4.58. The van der Waals surface area contributed by atoms with E-state index in [0.29, 0.717) is 10.6 Å². The maximum atomic E-state index is 12.2. The molecule has 1 amide bonds. The largest absolute Gasteiger partial charge is 0.287 e. The molecule has 0 heterocycles. The topological polar surface area (TPSA) is 41.1 Å². The first kappa shape index (κ1) is 16.1. The highest BCUT2D eigenvalue weighted by Crippen LogP contribution is 2.29. The van der Waals surface area contributed by atoms with Gasteiger partial charge in [0.05, 0.1) is 0 Å². The summed E-state index contributed by atoms with van der Waals surface area (Å²) in [6.07, 6.45) is 9.87. The van der Waals surface area contributed by atoms with E-state index in [2.05, 4.69) is 17.4 Å². The Morgan fingerprint density at radius 1 is 1.19 bits per heavy atom. The first-order chi connectivity index (χ1) is 10.2. The van der Waals surface area contributed by atoms with Crippen molar-refractivity contribution in [1.82, 2.24) is 10.9 Å². The molecule has 2 N–H and O–H groups in total. The van der Waals surface area contributed by atoms with Crippen LogP contribution in [0.3, 0.4) is 0 Å². The molecular weight excluding hydrogens is 284 g/mol. The number of carbonyl (C=O) groups is 1. The number of carbonyl (C=O) groups excluding carboxylic acids is 1. The molecule has 1 fully saturated rings. The Labute approximate surface area is 131 Å². The number of hydrogen-bond donors (Lipinski definition) is 2. The lowest BCUT2D eigenvalue weighted by molar-refractivity contribution is 0.0896. The predicted octanol–water partition coefficient (Wildman–Crippen LogP) is 4.24. The SMILES string of the molecule is C=CCC1(NNC(=O)c2ccc(Cl)cc2)CCCCCC1. The van der Waals surface area contributed by atoms with Crippen molar-refractivity contribution in [3.63, 3.8) is 0 Å². The fraction of sp³-hybridized carbons (Fsp3) is 0.471. The van der Waals surface area contributed by atoms with E-state index in [0.717, 1.165) is 19.3 Å². The van der Waals surface area contributed by atoms with Gasteiger partial charge in [-0.15, -0.1) is 6.58 Å². The predicted molar refractivity (Wildman–Crippen MR) is 87.3 cm³/mol. The molecule has 0 radical (unpaired) electrons. The van der Waals surface area contributed by atoms with E-state index in [1.54, 1.807) is 24.3 Å². The monoisotopic (exact) mass is 306 g/mol. The Kier molecular flexibility index (Phi) is 5.83. The number of hydrazine groups is 1. The van der Waals surface area contributed by atoms with Crippen molar-refractivity contribution in [1.29, 1.82) is 0 Å². The van der Waals surface area contributed by atoms with E-state index < -0.39 is 0 Å². The van der Waals surface area contributed by atoms with Crippen LogP contribution in [0.4, 0.5) is 0 Å². The summed E-state index contributed by atoms with van der Waals surface area (Å²) in [5, 5.41) is 0.631. The van der Waals surface area contributed by atoms with Gasteiger partial charge in [0.15, 0.2) is 0 Å². The van der Waals surface area contributed by atoms with Crippen LogP contribution in [-0.4, -0.2) is 11.4 Å². The van der Waals surface area contributed by atoms with E-state index in [-0.39, 0.29) is 11.4 Å². The number of halogens is 1. The molecule has 1 aromatic rings. The third-order valence-corrected chi connectivity index (χ3v) is 4.40. The molecular formula is C17H23ClN2O. The Hall–Kier alpha value is -1.32. The molecule has 1 saturated carbocycles. The first-order valence-electron chi connectivity index (χ1n) is 7.59. The van der Waals surface area contributed by atoms with Gasteiger partial charge in [0, 0.05) is 16.1 Å². The quantitative estimate of drug-likeness (QED) is 0.485. The molecule has 1 aliphatic rings. The van der Waals surface area contributed by atoms with Gasteiger partial charge in [-0.05, 0) is 43.5 Å². The zero-order valence-electron chi connectivity index (χ0n) is 12.3. The summed E-state index contributed by atoms with van der Waals surface area (Å²) in [4.78, 5) is 12.2. The highest BCUT2D eigenvalue weighted by atomic mass is 35.5. The minimum atomic E-state index is -0.126. The lowest BCUT2D eigenvalue weighted by Gasteiger charge is -2.33. The van der Waals surface area contributed by atoms with Gasteiger partial charge in [-0.3, -0.25) is 10.2 Å². The normalized spacial score (nSPS) is 17.8. The average Bonchev–Trinajstić information content (AvgIpc) is 2.72. The summed E-state index contributed by atoms with van der Waals surface area (Å²) in [6.45, 7) is 3.86. The van der Waals surface area contributed by atoms with Gasteiger partial charge in [0.25, 0.3) is 5.91 Å². The van der Waals surface area contributed by atoms with Crippen molar-refractivity contribution in [2.75, 3.05) is 0 Å². The summed E-state index contributed by atoms with van der Waals surface area (Å²) >= 11 is 5.84. The van der Waals surface area contributed by atoms with Crippen molar-refractivity contribution >= 4 is 17.5 Å². The summed E-state index contributed by atoms with van der Waals surface area (Å²) in [5.41, 5.74) is 6.70. The standard InChI is InChI=1S/C17H23ClN2O/c1-2-11-17(12-5-3-4-6-13-17)20-19-16(21)14-7-9-15(18)10-8-14/h2,7-10,20H,1,3-6,11-13H2,(H,19,21). The van der Waals surface area contributed by atoms with Crippen LogP contribution in [-0.2, 0) is 0 Å². The summed E-state index contributed by atoms with van der Waals surface area (Å²) in [6, 6.07) is 6.91. The fourth-order valence-corrected chi connectivity index (χ4v) is 3.05. The van der Waals surface area contributed by atoms with Gasteiger partial charge in [-0.1, -0.05) is 43.4 Å². The van der Waals surface area contributed by atoms with Crippen LogP contribution in [0.1, 0.15) is 55.3 Å². The number of rotatable bonds is 5. The Balaban J connectivity index is 1.99. The van der Waals surface area contributed by atoms with E-state index in [1.165, 1.54) is 25.7 Å². The average molecular weight is 307 g/mol. The minimum absolute atomic E-state index is 0.0552. The van der Waals surface area contributed by atoms with Gasteiger partial charge in [-0.25, -0.2) is 5.43 Å². The molecule has 1 aromatic carbocycles. The smallest absolute Gasteiger partial charge is 0.265 e. The first-order valence-corrected chi connectivity index (χ1v) is 7.97. The molecule has 0 aliphatic heterocycles. The zero-order chi connectivity index (χ0) is 15.1. The van der Waals surface area contributed by atoms with Crippen molar-refractivity contribution in [3.8, 4) is 0 Å². The molecule has 0 aromatic heterocycles. The highest BCUT2D eigenvalue weighted by Gasteiger charge is 2.29. The molecule has 21 heavy (non-hydrogen) atoms. The van der Waals surface area contributed by atoms with Crippen molar-refractivity contribution < 1.29 is 4.79 Å². The van der Waals surface area contributed by atoms with Crippen molar-refractivity contribution in [3.05, 3.63) is 47.5 Å². The van der Waals surface area contributed by atoms with E-state index in [4.69, 9.17) is 11.6 Å². The number of nitrogens with one attached hydrogen (secondary N) is 2. The van der Waals surface area contributed by atoms with Crippen LogP contribution in [0, 0.1) is 0 Å². The molecule has 2 rings (SSSR count). The molecule has 0 unspecified atom stereocenters. The van der Waals surface area contributed by atoms with E-state index in [1.807, 2.05) is 6.08 Å². The van der Waals surface area contributed by atoms with E-state index in [9.17, 15) is 4.79 Å². The van der Waals surface area contributed by atoms with Crippen molar-refractivity contribution in [2.24, 2.45) is 0 Å². The summed E-state index contributed by atoms with van der Waals surface area (Å²) in [5.74, 6) is -0.126. The third-order valence-electron chi connectivity index (χ3n) is 4.14. The second-order valence-electron chi connectivity index (χ2n) is 5.77. The Morgan fingerprint density at radius 2 is 1.81 bits per heavy atom. The maximum Gasteiger partial charge on any atom is 0.265 e. The van der Waals surface area contributed by atoms with Crippen molar-refractivity contribution in [2.45, 2.75) is 50.5 Å². The van der Waals surface area contributed by atoms with Crippen LogP contribution in [0.5, 0.6) is 0 Å². The molecule has 0 saturated heterocycles. The Morgan fingerprint density at radius 3 is 2.38 bits per heavy atom. The maximum absolute atomic E-state index is 12.2. The van der Waals surface area contributed by atoms with Gasteiger partial charge < -0.3 is 0 Å². The van der Waals surface area contributed by atoms with Gasteiger partial charge in [0.1, 0.15) is 0 Å². The minimum Gasteiger partial charge on any atom is -0.287 e. The lowest BCUT2D eigenvalue weighted by Crippen LogP contribution is -2.53. The second-order valence-corrected chi connectivity index (χ2v) is 6.21. The fourth-order valence-electron chi connectivity index (χ4n) is 2.92. The molecule has 0 spiro atoms. The van der Waals surface area contributed by atoms with Gasteiger partial charge in [-0.2, -0.15) is 0 Å². The van der Waals surface area contributed by atoms with Gasteiger partial charge in [0.2, 0.25) is 0 Å². The van der Waals surface area contributed by atoms with Crippen LogP contribution >= 0.6 is 11.6 Å². The lowest BCUT2D eigenvalue weighted by atomic mass is 9.87. The summed E-state index contributed by atoms with van der Waals surface area (Å²) in [7, 11) is 0. The molecule has 0 atom stereocenters. The van der Waals surface area contributed by atoms with Crippen LogP contribution in [0.2, 0.25) is 5.02 Å². The molecule has 3 nitrogen and oxygen atoms in total. The number of benzene rings is 1. The second kappa shape index (κ2) is 7.62. The van der Waals surface area contributed by atoms with Gasteiger partial charge >= 0.3 is 0 Å². The molecule has 1 aliphatic carbocycles. The van der Waals surface area contributed by atoms with Crippen LogP contribution < -0.4 is 10.9 Å². The molecule has 0 bridgehead atoms. The zero-order valence-corrected chi connectivity index (χ0v) is 13.1. The number of amides is 1. The van der Waals surface area contributed by atoms with Crippen LogP contribution in [0.25, 0.3) is 0 Å². The van der Waals surface area contributed by atoms with E-state index >= 15 is 0 Å². The summed E-state index contributed by atoms with van der Waals surface area (Å²) < 4.78 is 0. The molecule has 114 valence electrons. The molecule has 4 heteroatoms. The Bertz CT molecular complexity index is 476. The number of hydrogen-bond acceptors (Lipinski definition) is 2. The highest BCUT2D eigenvalue weighted by molar-refractivity contribution is 6.30. The van der Waals surface area contributed by atoms with Crippen LogP contribution in [0.15, 0.2) is 36.9 Å².